The van der Waals surface area contributed by atoms with E-state index in [0.29, 0.717) is 0 Å². The van der Waals surface area contributed by atoms with Crippen molar-refractivity contribution in [3.63, 3.8) is 0 Å². The molecule has 0 amide bonds. The van der Waals surface area contributed by atoms with Crippen molar-refractivity contribution in [1.29, 1.82) is 0 Å². The van der Waals surface area contributed by atoms with Crippen molar-refractivity contribution in [3.05, 3.63) is 0 Å². The van der Waals surface area contributed by atoms with Gasteiger partial charge in [0.05, 0.1) is 0 Å². The summed E-state index contributed by atoms with van der Waals surface area (Å²) >= 11 is 38.2. The van der Waals surface area contributed by atoms with Crippen LogP contribution >= 0.6 is 81.2 Å². The van der Waals surface area contributed by atoms with Gasteiger partial charge in [-0.15, -0.1) is 23.2 Å². The molecule has 0 bridgehead atoms. The Morgan fingerprint density at radius 3 is 1.36 bits per heavy atom. The lowest BCUT2D eigenvalue weighted by Crippen LogP contribution is -2.27. The summed E-state index contributed by atoms with van der Waals surface area (Å²) < 4.78 is -2.99. The summed E-state index contributed by atoms with van der Waals surface area (Å²) in [6.45, 7) is 0. The van der Waals surface area contributed by atoms with E-state index in [1.165, 1.54) is 0 Å². The van der Waals surface area contributed by atoms with Crippen molar-refractivity contribution >= 4 is 81.2 Å². The molecular formula is C4H3Cl7. The molecule has 68 valence electrons. The van der Waals surface area contributed by atoms with Gasteiger partial charge in [-0.1, -0.05) is 58.0 Å². The van der Waals surface area contributed by atoms with E-state index in [1.54, 1.807) is 0 Å². The summed E-state index contributed by atoms with van der Waals surface area (Å²) in [7, 11) is 0. The van der Waals surface area contributed by atoms with Gasteiger partial charge in [-0.25, -0.2) is 0 Å². The van der Waals surface area contributed by atoms with Gasteiger partial charge in [-0.2, -0.15) is 0 Å². The summed E-state index contributed by atoms with van der Waals surface area (Å²) in [6.07, 6.45) is -0.133. The number of halogens is 7. The van der Waals surface area contributed by atoms with Crippen LogP contribution in [0.1, 0.15) is 6.42 Å². The van der Waals surface area contributed by atoms with E-state index in [9.17, 15) is 0 Å². The van der Waals surface area contributed by atoms with Crippen LogP contribution in [0.4, 0.5) is 0 Å². The molecule has 0 aromatic carbocycles. The van der Waals surface area contributed by atoms with Crippen LogP contribution < -0.4 is 0 Å². The van der Waals surface area contributed by atoms with Gasteiger partial charge in [-0.3, -0.25) is 0 Å². The second kappa shape index (κ2) is 4.50. The van der Waals surface area contributed by atoms with Gasteiger partial charge in [-0.05, 0) is 0 Å². The molecule has 0 saturated carbocycles. The smallest absolute Gasteiger partial charge is 0.102 e. The Bertz CT molecular complexity index is 123. The third-order valence-electron chi connectivity index (χ3n) is 0.755. The zero-order chi connectivity index (χ0) is 9.28. The number of alkyl halides is 7. The van der Waals surface area contributed by atoms with Crippen LogP contribution in [0.25, 0.3) is 0 Å². The van der Waals surface area contributed by atoms with E-state index in [1.807, 2.05) is 0 Å². The first-order chi connectivity index (χ1) is 4.65. The normalized spacial score (nSPS) is 14.2. The van der Waals surface area contributed by atoms with Crippen LogP contribution in [0.2, 0.25) is 0 Å². The molecule has 0 aliphatic carbocycles. The zero-order valence-corrected chi connectivity index (χ0v) is 10.2. The lowest BCUT2D eigenvalue weighted by Gasteiger charge is -2.24. The predicted molar refractivity (Wildman–Crippen MR) is 54.8 cm³/mol. The highest BCUT2D eigenvalue weighted by Crippen LogP contribution is 2.44. The summed E-state index contributed by atoms with van der Waals surface area (Å²) in [5, 5.41) is 0. The molecule has 0 aromatic heterocycles. The quantitative estimate of drug-likeness (QED) is 0.647. The third kappa shape index (κ3) is 6.15. The first kappa shape index (κ1) is 13.0. The van der Waals surface area contributed by atoms with Crippen LogP contribution in [-0.4, -0.2) is 13.0 Å². The molecule has 0 rings (SSSR count). The average molecular weight is 299 g/mol. The molecule has 7 heteroatoms. The molecule has 0 saturated heterocycles. The molecule has 0 aliphatic heterocycles. The zero-order valence-electron chi connectivity index (χ0n) is 4.93. The van der Waals surface area contributed by atoms with E-state index < -0.39 is 13.0 Å². The van der Waals surface area contributed by atoms with Gasteiger partial charge < -0.3 is 0 Å². The van der Waals surface area contributed by atoms with Gasteiger partial charge in [0.25, 0.3) is 0 Å². The molecule has 11 heavy (non-hydrogen) atoms. The van der Waals surface area contributed by atoms with E-state index in [4.69, 9.17) is 81.2 Å². The Hall–Kier alpha value is 2.03. The molecule has 0 radical (unpaired) electrons. The molecule has 0 N–H and O–H groups in total. The maximum absolute atomic E-state index is 5.60. The largest absolute Gasteiger partial charge is 0.193 e. The minimum absolute atomic E-state index is 0.133. The highest BCUT2D eigenvalue weighted by molar-refractivity contribution is 6.69. The number of hydrogen-bond acceptors (Lipinski definition) is 0. The lowest BCUT2D eigenvalue weighted by molar-refractivity contribution is 0.749. The van der Waals surface area contributed by atoms with Crippen molar-refractivity contribution in [2.75, 3.05) is 0 Å². The Morgan fingerprint density at radius 1 is 0.909 bits per heavy atom. The summed E-state index contributed by atoms with van der Waals surface area (Å²) in [5.74, 6) is 0. The predicted octanol–water partition coefficient (Wildman–Crippen LogP) is 4.72. The highest BCUT2D eigenvalue weighted by atomic mass is 35.6. The molecule has 0 aromatic rings. The van der Waals surface area contributed by atoms with E-state index in [2.05, 4.69) is 0 Å². The van der Waals surface area contributed by atoms with Gasteiger partial charge in [0.2, 0.25) is 0 Å². The van der Waals surface area contributed by atoms with Crippen LogP contribution in [0, 0.1) is 0 Å². The molecule has 0 heterocycles. The van der Waals surface area contributed by atoms with Gasteiger partial charge in [0.1, 0.15) is 4.84 Å². The topological polar surface area (TPSA) is 0 Å². The van der Waals surface area contributed by atoms with Crippen LogP contribution in [0.5, 0.6) is 0 Å². The lowest BCUT2D eigenvalue weighted by atomic mass is 10.3. The molecular weight excluding hydrogens is 296 g/mol. The summed E-state index contributed by atoms with van der Waals surface area (Å²) in [5.41, 5.74) is 0. The molecule has 0 spiro atoms. The van der Waals surface area contributed by atoms with Crippen molar-refractivity contribution < 1.29 is 0 Å². The fourth-order valence-electron chi connectivity index (χ4n) is 0.344. The standard InChI is InChI=1S/C4H3Cl7/c5-2(6)3(7,8)1-4(9,10)11/h2H,1H2. The van der Waals surface area contributed by atoms with E-state index in [-0.39, 0.29) is 6.42 Å². The third-order valence-corrected chi connectivity index (χ3v) is 3.05. The van der Waals surface area contributed by atoms with Crippen molar-refractivity contribution in [1.82, 2.24) is 0 Å². The second-order valence-corrected chi connectivity index (χ2v) is 7.01. The molecule has 0 fully saturated rings. The van der Waals surface area contributed by atoms with Crippen molar-refractivity contribution in [2.45, 2.75) is 19.4 Å². The van der Waals surface area contributed by atoms with Crippen molar-refractivity contribution in [2.24, 2.45) is 0 Å². The van der Waals surface area contributed by atoms with Crippen LogP contribution in [0.3, 0.4) is 0 Å². The minimum atomic E-state index is -1.55. The Labute approximate surface area is 100.0 Å². The number of rotatable bonds is 2. The SMILES string of the molecule is ClC(Cl)C(Cl)(Cl)CC(Cl)(Cl)Cl. The number of hydrogen-bond donors (Lipinski definition) is 0. The minimum Gasteiger partial charge on any atom is -0.102 e. The molecule has 0 unspecified atom stereocenters. The van der Waals surface area contributed by atoms with E-state index in [0.717, 1.165) is 0 Å². The molecule has 0 atom stereocenters. The first-order valence-corrected chi connectivity index (χ1v) is 5.14. The maximum Gasteiger partial charge on any atom is 0.193 e. The Kier molecular flexibility index (Phi) is 5.33. The van der Waals surface area contributed by atoms with Gasteiger partial charge in [0, 0.05) is 6.42 Å². The van der Waals surface area contributed by atoms with Gasteiger partial charge in [0.15, 0.2) is 8.13 Å². The maximum atomic E-state index is 5.60. The Morgan fingerprint density at radius 2 is 1.27 bits per heavy atom. The van der Waals surface area contributed by atoms with Crippen LogP contribution in [-0.2, 0) is 0 Å². The molecule has 0 aliphatic rings. The summed E-state index contributed by atoms with van der Waals surface area (Å²) in [6, 6.07) is 0. The monoisotopic (exact) mass is 296 g/mol. The fourth-order valence-corrected chi connectivity index (χ4v) is 1.94. The molecule has 0 nitrogen and oxygen atoms in total. The Balaban J connectivity index is 4.13. The summed E-state index contributed by atoms with van der Waals surface area (Å²) in [4.78, 5) is -0.999. The second-order valence-electron chi connectivity index (χ2n) is 1.85. The average Bonchev–Trinajstić information content (AvgIpc) is 1.56. The van der Waals surface area contributed by atoms with E-state index >= 15 is 0 Å². The van der Waals surface area contributed by atoms with Crippen molar-refractivity contribution in [3.8, 4) is 0 Å². The van der Waals surface area contributed by atoms with Crippen LogP contribution in [0.15, 0.2) is 0 Å². The highest BCUT2D eigenvalue weighted by Gasteiger charge is 2.40. The van der Waals surface area contributed by atoms with Gasteiger partial charge >= 0.3 is 0 Å². The fraction of sp³-hybridized carbons (Fsp3) is 1.00. The first-order valence-electron chi connectivity index (χ1n) is 2.38.